The average molecular weight is 534 g/mol. The molecule has 0 heterocycles. The monoisotopic (exact) mass is 532 g/mol. The predicted molar refractivity (Wildman–Crippen MR) is 151 cm³/mol. The number of hydrogen-bond donors (Lipinski definition) is 0. The molecule has 0 aliphatic carbocycles. The summed E-state index contributed by atoms with van der Waals surface area (Å²) < 4.78 is 0. The first kappa shape index (κ1) is 34.8. The van der Waals surface area contributed by atoms with Gasteiger partial charge in [0.2, 0.25) is 0 Å². The van der Waals surface area contributed by atoms with Crippen LogP contribution < -0.4 is 17.0 Å². The maximum absolute atomic E-state index is 2.46. The molecule has 0 fully saturated rings. The zero-order chi connectivity index (χ0) is 22.9. The van der Waals surface area contributed by atoms with Gasteiger partial charge in [-0.15, -0.1) is 0 Å². The standard InChI is InChI=1S/C30H62P.BrH/c1-5-9-13-14-15-16-17-18-19-20-21-22-23-24-25-26-30-31(27-10-6-2,28-11-7-3)29-12-8-4;/h18-19H,5-17,20-30H2,1-4H3;1H/q+1;/p-1. The third-order valence-electron chi connectivity index (χ3n) is 7.10. The molecule has 0 spiro atoms. The molecule has 0 nitrogen and oxygen atoms in total. The Labute approximate surface area is 216 Å². The normalized spacial score (nSPS) is 11.9. The molecule has 0 radical (unpaired) electrons. The van der Waals surface area contributed by atoms with Crippen LogP contribution in [0.2, 0.25) is 0 Å². The fourth-order valence-electron chi connectivity index (χ4n) is 4.85. The molecule has 0 aliphatic rings. The summed E-state index contributed by atoms with van der Waals surface area (Å²) in [6.07, 6.45) is 40.0. The van der Waals surface area contributed by atoms with Gasteiger partial charge in [-0.3, -0.25) is 0 Å². The van der Waals surface area contributed by atoms with Crippen LogP contribution in [-0.2, 0) is 0 Å². The number of halogens is 1. The highest BCUT2D eigenvalue weighted by atomic mass is 79.9. The topological polar surface area (TPSA) is 0 Å². The van der Waals surface area contributed by atoms with Gasteiger partial charge in [0.15, 0.2) is 0 Å². The molecule has 0 aromatic heterocycles. The molecule has 0 aromatic carbocycles. The highest BCUT2D eigenvalue weighted by molar-refractivity contribution is 7.75. The molecule has 0 bridgehead atoms. The summed E-state index contributed by atoms with van der Waals surface area (Å²) in [5, 5.41) is 0. The van der Waals surface area contributed by atoms with Gasteiger partial charge in [0.1, 0.15) is 0 Å². The molecule has 0 rings (SSSR count). The van der Waals surface area contributed by atoms with Crippen LogP contribution in [0.5, 0.6) is 0 Å². The third-order valence-corrected chi connectivity index (χ3v) is 12.2. The zero-order valence-corrected chi connectivity index (χ0v) is 25.4. The van der Waals surface area contributed by atoms with Gasteiger partial charge >= 0.3 is 0 Å². The lowest BCUT2D eigenvalue weighted by Gasteiger charge is -2.28. The quantitative estimate of drug-likeness (QED) is 0.0627. The zero-order valence-electron chi connectivity index (χ0n) is 23.0. The van der Waals surface area contributed by atoms with Crippen molar-refractivity contribution in [2.75, 3.05) is 24.6 Å². The van der Waals surface area contributed by atoms with Gasteiger partial charge in [0.25, 0.3) is 0 Å². The predicted octanol–water partition coefficient (Wildman–Crippen LogP) is 8.45. The number of hydrogen-bond acceptors (Lipinski definition) is 0. The Bertz CT molecular complexity index is 344. The lowest BCUT2D eigenvalue weighted by Crippen LogP contribution is -3.00. The van der Waals surface area contributed by atoms with E-state index in [1.807, 2.05) is 0 Å². The van der Waals surface area contributed by atoms with E-state index in [0.717, 1.165) is 0 Å². The van der Waals surface area contributed by atoms with Gasteiger partial charge in [-0.1, -0.05) is 110 Å². The summed E-state index contributed by atoms with van der Waals surface area (Å²) in [7, 11) is -0.643. The van der Waals surface area contributed by atoms with E-state index in [1.54, 1.807) is 24.6 Å². The second-order valence-corrected chi connectivity index (χ2v) is 14.7. The summed E-state index contributed by atoms with van der Waals surface area (Å²) in [5.41, 5.74) is 0. The van der Waals surface area contributed by atoms with E-state index in [0.29, 0.717) is 0 Å². The molecule has 0 unspecified atom stereocenters. The van der Waals surface area contributed by atoms with E-state index in [9.17, 15) is 0 Å². The number of unbranched alkanes of at least 4 members (excludes halogenated alkanes) is 15. The fraction of sp³-hybridized carbons (Fsp3) is 0.933. The number of allylic oxidation sites excluding steroid dienone is 2. The molecule has 0 aliphatic heterocycles. The Morgan fingerprint density at radius 1 is 0.375 bits per heavy atom. The second kappa shape index (κ2) is 27.9. The molecule has 0 atom stereocenters. The SMILES string of the molecule is CCCCCCCCC=CCCCCCCCC[P+](CCCC)(CCCC)CCCC.[Br-]. The average Bonchev–Trinajstić information content (AvgIpc) is 2.79. The Morgan fingerprint density at radius 2 is 0.688 bits per heavy atom. The molecule has 0 N–H and O–H groups in total. The Hall–Kier alpha value is 0.650. The second-order valence-electron chi connectivity index (χ2n) is 10.2. The number of rotatable bonds is 25. The Balaban J connectivity index is 0. The minimum absolute atomic E-state index is 0. The lowest BCUT2D eigenvalue weighted by molar-refractivity contribution is -0.00000705. The van der Waals surface area contributed by atoms with Crippen LogP contribution in [0.3, 0.4) is 0 Å². The van der Waals surface area contributed by atoms with Crippen molar-refractivity contribution in [2.45, 2.75) is 156 Å². The molecule has 0 saturated carbocycles. The van der Waals surface area contributed by atoms with Crippen LogP contribution in [0, 0.1) is 0 Å². The summed E-state index contributed by atoms with van der Waals surface area (Å²) in [6, 6.07) is 0. The van der Waals surface area contributed by atoms with E-state index in [4.69, 9.17) is 0 Å². The van der Waals surface area contributed by atoms with Crippen molar-refractivity contribution in [1.29, 1.82) is 0 Å². The van der Waals surface area contributed by atoms with Crippen LogP contribution in [0.25, 0.3) is 0 Å². The molecule has 0 aromatic rings. The summed E-state index contributed by atoms with van der Waals surface area (Å²) in [6.45, 7) is 9.46. The van der Waals surface area contributed by atoms with Crippen LogP contribution in [0.1, 0.15) is 156 Å². The summed E-state index contributed by atoms with van der Waals surface area (Å²) in [4.78, 5) is 0. The fourth-order valence-corrected chi connectivity index (χ4v) is 10.0. The van der Waals surface area contributed by atoms with Crippen molar-refractivity contribution in [1.82, 2.24) is 0 Å². The molecular formula is C30H62BrP. The van der Waals surface area contributed by atoms with Gasteiger partial charge in [0, 0.05) is 7.26 Å². The molecule has 194 valence electrons. The minimum atomic E-state index is -0.643. The maximum atomic E-state index is 2.46. The van der Waals surface area contributed by atoms with Gasteiger partial charge in [0.05, 0.1) is 24.6 Å². The Kier molecular flexibility index (Phi) is 30.3. The first-order valence-electron chi connectivity index (χ1n) is 14.7. The van der Waals surface area contributed by atoms with E-state index in [-0.39, 0.29) is 17.0 Å². The van der Waals surface area contributed by atoms with E-state index in [1.165, 1.54) is 128 Å². The smallest absolute Gasteiger partial charge is 0.0594 e. The molecule has 2 heteroatoms. The summed E-state index contributed by atoms with van der Waals surface area (Å²) >= 11 is 0. The van der Waals surface area contributed by atoms with E-state index < -0.39 is 7.26 Å². The first-order chi connectivity index (χ1) is 15.2. The van der Waals surface area contributed by atoms with Crippen molar-refractivity contribution in [3.8, 4) is 0 Å². The van der Waals surface area contributed by atoms with Crippen LogP contribution >= 0.6 is 7.26 Å². The van der Waals surface area contributed by atoms with Crippen molar-refractivity contribution >= 4 is 7.26 Å². The Morgan fingerprint density at radius 3 is 1.09 bits per heavy atom. The van der Waals surface area contributed by atoms with Gasteiger partial charge in [-0.05, 0) is 57.8 Å². The van der Waals surface area contributed by atoms with Crippen molar-refractivity contribution in [3.05, 3.63) is 12.2 Å². The highest BCUT2D eigenvalue weighted by Gasteiger charge is 2.34. The molecule has 0 amide bonds. The van der Waals surface area contributed by atoms with Crippen molar-refractivity contribution < 1.29 is 17.0 Å². The van der Waals surface area contributed by atoms with Gasteiger partial charge < -0.3 is 17.0 Å². The van der Waals surface area contributed by atoms with E-state index >= 15 is 0 Å². The van der Waals surface area contributed by atoms with Crippen LogP contribution in [-0.4, -0.2) is 24.6 Å². The maximum Gasteiger partial charge on any atom is 0.0594 e. The van der Waals surface area contributed by atoms with Crippen molar-refractivity contribution in [2.24, 2.45) is 0 Å². The third kappa shape index (κ3) is 22.4. The van der Waals surface area contributed by atoms with Gasteiger partial charge in [-0.2, -0.15) is 0 Å². The highest BCUT2D eigenvalue weighted by Crippen LogP contribution is 2.61. The summed E-state index contributed by atoms with van der Waals surface area (Å²) in [5.74, 6) is 0. The first-order valence-corrected chi connectivity index (χ1v) is 17.3. The van der Waals surface area contributed by atoms with Crippen molar-refractivity contribution in [3.63, 3.8) is 0 Å². The molecule has 0 saturated heterocycles. The lowest BCUT2D eigenvalue weighted by atomic mass is 10.1. The van der Waals surface area contributed by atoms with E-state index in [2.05, 4.69) is 39.8 Å². The van der Waals surface area contributed by atoms with Crippen LogP contribution in [0.4, 0.5) is 0 Å². The van der Waals surface area contributed by atoms with Gasteiger partial charge in [-0.25, -0.2) is 0 Å². The molecular weight excluding hydrogens is 471 g/mol. The largest absolute Gasteiger partial charge is 1.00 e. The van der Waals surface area contributed by atoms with Crippen LogP contribution in [0.15, 0.2) is 12.2 Å². The minimum Gasteiger partial charge on any atom is -1.00 e. The molecule has 32 heavy (non-hydrogen) atoms.